The lowest BCUT2D eigenvalue weighted by molar-refractivity contribution is -0.129. The molecule has 0 saturated heterocycles. The molecule has 1 aromatic heterocycles. The molecule has 0 radical (unpaired) electrons. The largest absolute Gasteiger partial charge is 0.364 e. The van der Waals surface area contributed by atoms with Crippen molar-refractivity contribution in [2.45, 2.75) is 33.2 Å². The molecule has 1 rings (SSSR count). The lowest BCUT2D eigenvalue weighted by atomic mass is 10.2. The van der Waals surface area contributed by atoms with Crippen LogP contribution in [0, 0.1) is 0 Å². The zero-order valence-corrected chi connectivity index (χ0v) is 10.8. The molecule has 0 aliphatic carbocycles. The van der Waals surface area contributed by atoms with Gasteiger partial charge >= 0.3 is 0 Å². The molecular weight excluding hydrogens is 230 g/mol. The van der Waals surface area contributed by atoms with Crippen LogP contribution in [0.4, 0.5) is 0 Å². The highest BCUT2D eigenvalue weighted by molar-refractivity contribution is 5.90. The Morgan fingerprint density at radius 3 is 2.56 bits per heavy atom. The average molecular weight is 249 g/mol. The zero-order valence-electron chi connectivity index (χ0n) is 10.8. The summed E-state index contributed by atoms with van der Waals surface area (Å²) in [5.41, 5.74) is 6.25. The Balaban J connectivity index is 2.68. The van der Waals surface area contributed by atoms with E-state index in [-0.39, 0.29) is 11.6 Å². The first kappa shape index (κ1) is 14.2. The van der Waals surface area contributed by atoms with Crippen molar-refractivity contribution >= 4 is 11.8 Å². The van der Waals surface area contributed by atoms with E-state index in [9.17, 15) is 9.59 Å². The normalized spacial score (nSPS) is 10.1. The van der Waals surface area contributed by atoms with Crippen LogP contribution in [0.2, 0.25) is 0 Å². The van der Waals surface area contributed by atoms with Crippen LogP contribution in [0.25, 0.3) is 0 Å². The van der Waals surface area contributed by atoms with Gasteiger partial charge in [0, 0.05) is 26.2 Å². The summed E-state index contributed by atoms with van der Waals surface area (Å²) in [6.45, 7) is 4.90. The van der Waals surface area contributed by atoms with E-state index in [2.05, 4.69) is 11.9 Å². The lowest BCUT2D eigenvalue weighted by Gasteiger charge is -2.20. The molecule has 0 atom stereocenters. The molecule has 0 spiro atoms. The molecule has 0 bridgehead atoms. The van der Waals surface area contributed by atoms with Crippen LogP contribution in [0.15, 0.2) is 18.3 Å². The van der Waals surface area contributed by atoms with Crippen LogP contribution in [0.5, 0.6) is 0 Å². The van der Waals surface area contributed by atoms with Crippen molar-refractivity contribution < 1.29 is 9.59 Å². The van der Waals surface area contributed by atoms with Crippen molar-refractivity contribution in [2.24, 2.45) is 5.73 Å². The smallest absolute Gasteiger partial charge is 0.267 e. The van der Waals surface area contributed by atoms with E-state index in [1.54, 1.807) is 30.2 Å². The van der Waals surface area contributed by atoms with E-state index in [1.807, 2.05) is 0 Å². The Bertz CT molecular complexity index is 415. The summed E-state index contributed by atoms with van der Waals surface area (Å²) in [6.07, 6.45) is 3.61. The second-order valence-electron chi connectivity index (χ2n) is 4.21. The molecule has 18 heavy (non-hydrogen) atoms. The van der Waals surface area contributed by atoms with E-state index >= 15 is 0 Å². The molecule has 5 nitrogen and oxygen atoms in total. The van der Waals surface area contributed by atoms with Gasteiger partial charge in [-0.05, 0) is 18.1 Å². The van der Waals surface area contributed by atoms with E-state index in [0.29, 0.717) is 6.54 Å². The van der Waals surface area contributed by atoms with Crippen molar-refractivity contribution in [3.05, 3.63) is 29.6 Å². The summed E-state index contributed by atoms with van der Waals surface area (Å²) in [5, 5.41) is 0. The van der Waals surface area contributed by atoms with Gasteiger partial charge in [0.25, 0.3) is 5.91 Å². The Morgan fingerprint density at radius 1 is 1.39 bits per heavy atom. The number of aromatic nitrogens is 1. The van der Waals surface area contributed by atoms with Crippen molar-refractivity contribution in [3.63, 3.8) is 0 Å². The summed E-state index contributed by atoms with van der Waals surface area (Å²) in [5.74, 6) is -0.501. The van der Waals surface area contributed by atoms with Gasteiger partial charge in [-0.2, -0.15) is 0 Å². The molecule has 2 N–H and O–H groups in total. The minimum absolute atomic E-state index is 0.0439. The first-order valence-electron chi connectivity index (χ1n) is 6.04. The number of pyridine rings is 1. The predicted molar refractivity (Wildman–Crippen MR) is 68.8 cm³/mol. The Labute approximate surface area is 107 Å². The van der Waals surface area contributed by atoms with Gasteiger partial charge in [-0.25, -0.2) is 0 Å². The zero-order chi connectivity index (χ0) is 13.5. The summed E-state index contributed by atoms with van der Waals surface area (Å²) in [4.78, 5) is 28.1. The van der Waals surface area contributed by atoms with Crippen LogP contribution < -0.4 is 5.73 Å². The SMILES string of the molecule is CCCCN(Cc1ccc(C(N)=O)nc1)C(C)=O. The monoisotopic (exact) mass is 249 g/mol. The van der Waals surface area contributed by atoms with Gasteiger partial charge in [-0.15, -0.1) is 0 Å². The number of primary amides is 1. The summed E-state index contributed by atoms with van der Waals surface area (Å²) in [6, 6.07) is 3.35. The van der Waals surface area contributed by atoms with Gasteiger partial charge in [0.2, 0.25) is 5.91 Å². The summed E-state index contributed by atoms with van der Waals surface area (Å²) >= 11 is 0. The van der Waals surface area contributed by atoms with Gasteiger partial charge in [0.05, 0.1) is 0 Å². The molecule has 1 aromatic rings. The number of amides is 2. The molecule has 0 saturated carbocycles. The molecule has 0 fully saturated rings. The number of rotatable bonds is 6. The maximum absolute atomic E-state index is 11.5. The van der Waals surface area contributed by atoms with Gasteiger partial charge in [-0.3, -0.25) is 14.6 Å². The van der Waals surface area contributed by atoms with Gasteiger partial charge in [0.15, 0.2) is 0 Å². The molecule has 0 aliphatic rings. The first-order chi connectivity index (χ1) is 8.54. The average Bonchev–Trinajstić information content (AvgIpc) is 2.34. The van der Waals surface area contributed by atoms with Crippen LogP contribution in [0.1, 0.15) is 42.7 Å². The van der Waals surface area contributed by atoms with Crippen LogP contribution in [-0.2, 0) is 11.3 Å². The predicted octanol–water partition coefficient (Wildman–Crippen LogP) is 1.33. The molecule has 2 amide bonds. The number of nitrogens with zero attached hydrogens (tertiary/aromatic N) is 2. The van der Waals surface area contributed by atoms with Gasteiger partial charge in [-0.1, -0.05) is 19.4 Å². The minimum atomic E-state index is -0.545. The molecule has 5 heteroatoms. The first-order valence-corrected chi connectivity index (χ1v) is 6.04. The van der Waals surface area contributed by atoms with E-state index in [1.165, 1.54) is 0 Å². The fraction of sp³-hybridized carbons (Fsp3) is 0.462. The molecule has 0 aromatic carbocycles. The lowest BCUT2D eigenvalue weighted by Crippen LogP contribution is -2.29. The Kier molecular flexibility index (Phi) is 5.30. The van der Waals surface area contributed by atoms with Gasteiger partial charge < -0.3 is 10.6 Å². The van der Waals surface area contributed by atoms with Crippen LogP contribution in [0.3, 0.4) is 0 Å². The third kappa shape index (κ3) is 4.16. The van der Waals surface area contributed by atoms with Crippen LogP contribution >= 0.6 is 0 Å². The molecular formula is C13H19N3O2. The van der Waals surface area contributed by atoms with Crippen molar-refractivity contribution in [2.75, 3.05) is 6.54 Å². The second-order valence-corrected chi connectivity index (χ2v) is 4.21. The number of unbranched alkanes of at least 4 members (excludes halogenated alkanes) is 1. The molecule has 0 aliphatic heterocycles. The van der Waals surface area contributed by atoms with E-state index < -0.39 is 5.91 Å². The summed E-state index contributed by atoms with van der Waals surface area (Å²) in [7, 11) is 0. The topological polar surface area (TPSA) is 76.3 Å². The highest BCUT2D eigenvalue weighted by Gasteiger charge is 2.09. The molecule has 1 heterocycles. The fourth-order valence-corrected chi connectivity index (χ4v) is 1.58. The Hall–Kier alpha value is -1.91. The molecule has 0 unspecified atom stereocenters. The van der Waals surface area contributed by atoms with Crippen molar-refractivity contribution in [3.8, 4) is 0 Å². The number of carbonyl (C=O) groups is 2. The van der Waals surface area contributed by atoms with E-state index in [0.717, 1.165) is 24.9 Å². The van der Waals surface area contributed by atoms with Crippen LogP contribution in [-0.4, -0.2) is 28.2 Å². The highest BCUT2D eigenvalue weighted by atomic mass is 16.2. The molecule has 98 valence electrons. The van der Waals surface area contributed by atoms with Gasteiger partial charge in [0.1, 0.15) is 5.69 Å². The second kappa shape index (κ2) is 6.74. The van der Waals surface area contributed by atoms with E-state index in [4.69, 9.17) is 5.73 Å². The third-order valence-corrected chi connectivity index (χ3v) is 2.68. The number of nitrogens with two attached hydrogens (primary N) is 1. The minimum Gasteiger partial charge on any atom is -0.364 e. The number of hydrogen-bond donors (Lipinski definition) is 1. The Morgan fingerprint density at radius 2 is 2.11 bits per heavy atom. The highest BCUT2D eigenvalue weighted by Crippen LogP contribution is 2.06. The maximum atomic E-state index is 11.5. The maximum Gasteiger partial charge on any atom is 0.267 e. The number of hydrogen-bond acceptors (Lipinski definition) is 3. The van der Waals surface area contributed by atoms with Crippen molar-refractivity contribution in [1.29, 1.82) is 0 Å². The fourth-order valence-electron chi connectivity index (χ4n) is 1.58. The summed E-state index contributed by atoms with van der Waals surface area (Å²) < 4.78 is 0. The third-order valence-electron chi connectivity index (χ3n) is 2.68. The van der Waals surface area contributed by atoms with Crippen molar-refractivity contribution in [1.82, 2.24) is 9.88 Å². The standard InChI is InChI=1S/C13H19N3O2/c1-3-4-7-16(10(2)17)9-11-5-6-12(13(14)18)15-8-11/h5-6,8H,3-4,7,9H2,1-2H3,(H2,14,18). The number of carbonyl (C=O) groups excluding carboxylic acids is 2. The quantitative estimate of drug-likeness (QED) is 0.826.